The zero-order chi connectivity index (χ0) is 13.2. The predicted octanol–water partition coefficient (Wildman–Crippen LogP) is 2.77. The summed E-state index contributed by atoms with van der Waals surface area (Å²) in [5.74, 6) is 1.01. The molecule has 3 nitrogen and oxygen atoms in total. The van der Waals surface area contributed by atoms with Crippen LogP contribution in [0.2, 0.25) is 0 Å². The number of methoxy groups -OCH3 is 1. The van der Waals surface area contributed by atoms with E-state index in [0.717, 1.165) is 23.2 Å². The van der Waals surface area contributed by atoms with Gasteiger partial charge < -0.3 is 14.8 Å². The van der Waals surface area contributed by atoms with Crippen molar-refractivity contribution in [3.8, 4) is 5.75 Å². The summed E-state index contributed by atoms with van der Waals surface area (Å²) < 4.78 is 12.2. The van der Waals surface area contributed by atoms with Gasteiger partial charge in [-0.15, -0.1) is 0 Å². The van der Waals surface area contributed by atoms with Gasteiger partial charge in [-0.25, -0.2) is 0 Å². The van der Waals surface area contributed by atoms with Gasteiger partial charge in [-0.1, -0.05) is 15.9 Å². The van der Waals surface area contributed by atoms with Crippen molar-refractivity contribution >= 4 is 15.9 Å². The van der Waals surface area contributed by atoms with Crippen LogP contribution in [0.5, 0.6) is 5.75 Å². The highest BCUT2D eigenvalue weighted by Gasteiger charge is 2.25. The molecule has 1 unspecified atom stereocenters. The van der Waals surface area contributed by atoms with Crippen molar-refractivity contribution in [2.24, 2.45) is 0 Å². The van der Waals surface area contributed by atoms with Crippen molar-refractivity contribution in [1.29, 1.82) is 0 Å². The Morgan fingerprint density at radius 3 is 3.00 bits per heavy atom. The van der Waals surface area contributed by atoms with E-state index in [1.807, 2.05) is 12.1 Å². The van der Waals surface area contributed by atoms with Crippen molar-refractivity contribution < 1.29 is 9.47 Å². The molecule has 0 aliphatic carbocycles. The van der Waals surface area contributed by atoms with Crippen molar-refractivity contribution in [3.05, 3.63) is 28.2 Å². The first-order valence-electron chi connectivity index (χ1n) is 6.19. The lowest BCUT2D eigenvalue weighted by Gasteiger charge is -2.27. The molecule has 1 aromatic carbocycles. The maximum atomic E-state index is 5.91. The Bertz CT molecular complexity index is 420. The molecule has 100 valence electrons. The molecule has 1 aromatic rings. The lowest BCUT2D eigenvalue weighted by Crippen LogP contribution is -2.47. The fourth-order valence-corrected chi connectivity index (χ4v) is 2.61. The summed E-state index contributed by atoms with van der Waals surface area (Å²) in [4.78, 5) is 0. The van der Waals surface area contributed by atoms with E-state index in [2.05, 4.69) is 41.2 Å². The van der Waals surface area contributed by atoms with E-state index in [-0.39, 0.29) is 11.6 Å². The van der Waals surface area contributed by atoms with Crippen molar-refractivity contribution in [2.75, 3.05) is 20.3 Å². The minimum atomic E-state index is -0.0204. The van der Waals surface area contributed by atoms with Crippen LogP contribution in [0.4, 0.5) is 0 Å². The molecule has 0 fully saturated rings. The smallest absolute Gasteiger partial charge is 0.123 e. The highest BCUT2D eigenvalue weighted by Crippen LogP contribution is 2.31. The van der Waals surface area contributed by atoms with Crippen LogP contribution < -0.4 is 10.1 Å². The van der Waals surface area contributed by atoms with E-state index in [4.69, 9.17) is 9.47 Å². The minimum absolute atomic E-state index is 0.0204. The van der Waals surface area contributed by atoms with Gasteiger partial charge in [0.2, 0.25) is 0 Å². The molecule has 1 aliphatic rings. The van der Waals surface area contributed by atoms with E-state index in [9.17, 15) is 0 Å². The van der Waals surface area contributed by atoms with Gasteiger partial charge in [0.05, 0.1) is 6.61 Å². The third-order valence-corrected chi connectivity index (χ3v) is 3.57. The number of hydrogen-bond donors (Lipinski definition) is 1. The van der Waals surface area contributed by atoms with Gasteiger partial charge in [-0.05, 0) is 37.6 Å². The Morgan fingerprint density at radius 2 is 2.28 bits per heavy atom. The Hall–Kier alpha value is -0.580. The predicted molar refractivity (Wildman–Crippen MR) is 76.2 cm³/mol. The molecule has 18 heavy (non-hydrogen) atoms. The number of hydrogen-bond acceptors (Lipinski definition) is 3. The fourth-order valence-electron chi connectivity index (χ4n) is 2.20. The van der Waals surface area contributed by atoms with E-state index in [1.54, 1.807) is 7.11 Å². The first-order valence-corrected chi connectivity index (χ1v) is 6.98. The number of halogens is 1. The van der Waals surface area contributed by atoms with Gasteiger partial charge in [0, 0.05) is 30.1 Å². The maximum Gasteiger partial charge on any atom is 0.123 e. The molecule has 2 rings (SSSR count). The standard InChI is InChI=1S/C14H20BrNO2/c1-14(2,9-17-3)16-8-12-7-10-6-11(15)4-5-13(10)18-12/h4-6,12,16H,7-9H2,1-3H3. The van der Waals surface area contributed by atoms with Crippen molar-refractivity contribution in [1.82, 2.24) is 5.32 Å². The van der Waals surface area contributed by atoms with Gasteiger partial charge in [0.25, 0.3) is 0 Å². The van der Waals surface area contributed by atoms with Gasteiger partial charge >= 0.3 is 0 Å². The third kappa shape index (κ3) is 3.46. The molecule has 4 heteroatoms. The molecule has 1 aliphatic heterocycles. The van der Waals surface area contributed by atoms with Crippen LogP contribution in [0.15, 0.2) is 22.7 Å². The molecule has 1 heterocycles. The minimum Gasteiger partial charge on any atom is -0.488 e. The summed E-state index contributed by atoms with van der Waals surface area (Å²) in [6.45, 7) is 5.80. The molecular weight excluding hydrogens is 294 g/mol. The van der Waals surface area contributed by atoms with Gasteiger partial charge in [0.1, 0.15) is 11.9 Å². The molecule has 0 radical (unpaired) electrons. The van der Waals surface area contributed by atoms with Crippen LogP contribution in [-0.2, 0) is 11.2 Å². The Balaban J connectivity index is 1.88. The van der Waals surface area contributed by atoms with Crippen molar-refractivity contribution in [3.63, 3.8) is 0 Å². The highest BCUT2D eigenvalue weighted by molar-refractivity contribution is 9.10. The zero-order valence-electron chi connectivity index (χ0n) is 11.1. The summed E-state index contributed by atoms with van der Waals surface area (Å²) in [7, 11) is 1.73. The largest absolute Gasteiger partial charge is 0.488 e. The second-order valence-electron chi connectivity index (χ2n) is 5.39. The summed E-state index contributed by atoms with van der Waals surface area (Å²) in [5, 5.41) is 3.49. The maximum absolute atomic E-state index is 5.91. The van der Waals surface area contributed by atoms with Crippen LogP contribution in [0, 0.1) is 0 Å². The molecule has 1 atom stereocenters. The molecule has 0 saturated carbocycles. The number of fused-ring (bicyclic) bond motifs is 1. The van der Waals surface area contributed by atoms with Crippen LogP contribution in [0.1, 0.15) is 19.4 Å². The van der Waals surface area contributed by atoms with Gasteiger partial charge in [0.15, 0.2) is 0 Å². The number of rotatable bonds is 5. The average Bonchev–Trinajstić information content (AvgIpc) is 2.68. The van der Waals surface area contributed by atoms with Crippen LogP contribution in [0.25, 0.3) is 0 Å². The van der Waals surface area contributed by atoms with Crippen LogP contribution in [0.3, 0.4) is 0 Å². The second-order valence-corrected chi connectivity index (χ2v) is 6.31. The lowest BCUT2D eigenvalue weighted by atomic mass is 10.1. The summed E-state index contributed by atoms with van der Waals surface area (Å²) in [6.07, 6.45) is 1.18. The molecule has 0 amide bonds. The molecule has 0 bridgehead atoms. The molecule has 0 saturated heterocycles. The summed E-state index contributed by atoms with van der Waals surface area (Å²) in [6, 6.07) is 6.18. The van der Waals surface area contributed by atoms with E-state index in [1.165, 1.54) is 5.56 Å². The first-order chi connectivity index (χ1) is 8.50. The Morgan fingerprint density at radius 1 is 1.50 bits per heavy atom. The monoisotopic (exact) mass is 313 g/mol. The summed E-state index contributed by atoms with van der Waals surface area (Å²) >= 11 is 3.49. The number of ether oxygens (including phenoxy) is 2. The van der Waals surface area contributed by atoms with Gasteiger partial charge in [-0.2, -0.15) is 0 Å². The number of benzene rings is 1. The zero-order valence-corrected chi connectivity index (χ0v) is 12.7. The van der Waals surface area contributed by atoms with Crippen LogP contribution >= 0.6 is 15.9 Å². The fraction of sp³-hybridized carbons (Fsp3) is 0.571. The normalized spacial score (nSPS) is 18.6. The van der Waals surface area contributed by atoms with E-state index < -0.39 is 0 Å². The van der Waals surface area contributed by atoms with Crippen molar-refractivity contribution in [2.45, 2.75) is 31.9 Å². The van der Waals surface area contributed by atoms with E-state index >= 15 is 0 Å². The second kappa shape index (κ2) is 5.59. The highest BCUT2D eigenvalue weighted by atomic mass is 79.9. The Labute approximate surface area is 117 Å². The molecule has 0 aromatic heterocycles. The SMILES string of the molecule is COCC(C)(C)NCC1Cc2cc(Br)ccc2O1. The van der Waals surface area contributed by atoms with Gasteiger partial charge in [-0.3, -0.25) is 0 Å². The topological polar surface area (TPSA) is 30.5 Å². The van der Waals surface area contributed by atoms with Crippen LogP contribution in [-0.4, -0.2) is 31.9 Å². The Kier molecular flexibility index (Phi) is 4.30. The molecule has 0 spiro atoms. The van der Waals surface area contributed by atoms with E-state index in [0.29, 0.717) is 6.61 Å². The quantitative estimate of drug-likeness (QED) is 0.906. The summed E-state index contributed by atoms with van der Waals surface area (Å²) in [5.41, 5.74) is 1.26. The number of nitrogens with one attached hydrogen (secondary N) is 1. The molecular formula is C14H20BrNO2. The lowest BCUT2D eigenvalue weighted by molar-refractivity contribution is 0.117. The average molecular weight is 314 g/mol. The molecule has 1 N–H and O–H groups in total. The first kappa shape index (κ1) is 13.8. The third-order valence-electron chi connectivity index (χ3n) is 3.08.